The summed E-state index contributed by atoms with van der Waals surface area (Å²) in [6, 6.07) is 0.179. The number of hydrogen-bond acceptors (Lipinski definition) is 3. The van der Waals surface area contributed by atoms with Gasteiger partial charge in [0.25, 0.3) is 0 Å². The zero-order valence-corrected chi connectivity index (χ0v) is 9.30. The Hall–Kier alpha value is 0.0700. The zero-order valence-electron chi connectivity index (χ0n) is 8.48. The molecule has 1 saturated heterocycles. The second kappa shape index (κ2) is 4.73. The molecule has 0 aromatic rings. The van der Waals surface area contributed by atoms with Gasteiger partial charge in [-0.05, 0) is 31.6 Å². The summed E-state index contributed by atoms with van der Waals surface area (Å²) >= 11 is 0. The van der Waals surface area contributed by atoms with Gasteiger partial charge in [0, 0.05) is 41.1 Å². The minimum atomic E-state index is -0.722. The lowest BCUT2D eigenvalue weighted by Crippen LogP contribution is -2.35. The number of rotatable bonds is 4. The highest BCUT2D eigenvalue weighted by molar-refractivity contribution is 7.85. The van der Waals surface area contributed by atoms with E-state index in [4.69, 9.17) is 10.5 Å². The fourth-order valence-corrected chi connectivity index (χ4v) is 3.57. The lowest BCUT2D eigenvalue weighted by Gasteiger charge is -2.22. The molecule has 0 amide bonds. The minimum absolute atomic E-state index is 0.179. The van der Waals surface area contributed by atoms with Crippen LogP contribution in [0.1, 0.15) is 25.7 Å². The predicted octanol–water partition coefficient (Wildman–Crippen LogP) is 0.651. The Balaban J connectivity index is 1.75. The van der Waals surface area contributed by atoms with Crippen LogP contribution in [0.2, 0.25) is 0 Å². The molecule has 1 saturated carbocycles. The van der Waals surface area contributed by atoms with Gasteiger partial charge in [-0.15, -0.1) is 0 Å². The predicted molar refractivity (Wildman–Crippen MR) is 57.5 cm³/mol. The summed E-state index contributed by atoms with van der Waals surface area (Å²) in [4.78, 5) is 0. The van der Waals surface area contributed by atoms with E-state index in [1.165, 1.54) is 12.8 Å². The molecule has 2 aliphatic rings. The van der Waals surface area contributed by atoms with E-state index in [1.807, 2.05) is 0 Å². The first kappa shape index (κ1) is 10.6. The van der Waals surface area contributed by atoms with Crippen molar-refractivity contribution >= 4 is 10.8 Å². The fraction of sp³-hybridized carbons (Fsp3) is 1.00. The third-order valence-corrected chi connectivity index (χ3v) is 5.05. The van der Waals surface area contributed by atoms with E-state index in [2.05, 4.69) is 0 Å². The van der Waals surface area contributed by atoms with Gasteiger partial charge in [0.15, 0.2) is 0 Å². The Morgan fingerprint density at radius 3 is 2.50 bits per heavy atom. The molecular weight excluding hydrogens is 198 g/mol. The van der Waals surface area contributed by atoms with Gasteiger partial charge in [-0.25, -0.2) is 0 Å². The summed E-state index contributed by atoms with van der Waals surface area (Å²) in [5.41, 5.74) is 5.96. The fourth-order valence-electron chi connectivity index (χ4n) is 1.93. The smallest absolute Gasteiger partial charge is 0.0477 e. The SMILES string of the molecule is NC(CS(=O)C1CCOCC1)C1CC1. The average Bonchev–Trinajstić information content (AvgIpc) is 3.02. The molecule has 2 atom stereocenters. The first-order chi connectivity index (χ1) is 6.77. The monoisotopic (exact) mass is 217 g/mol. The molecule has 0 spiro atoms. The Morgan fingerprint density at radius 2 is 1.93 bits per heavy atom. The van der Waals surface area contributed by atoms with Gasteiger partial charge >= 0.3 is 0 Å². The van der Waals surface area contributed by atoms with Crippen LogP contribution in [0.3, 0.4) is 0 Å². The molecule has 0 aromatic carbocycles. The molecule has 1 aliphatic carbocycles. The summed E-state index contributed by atoms with van der Waals surface area (Å²) in [5, 5.41) is 0.341. The van der Waals surface area contributed by atoms with Crippen LogP contribution in [-0.2, 0) is 15.5 Å². The lowest BCUT2D eigenvalue weighted by atomic mass is 10.2. The average molecular weight is 217 g/mol. The van der Waals surface area contributed by atoms with Gasteiger partial charge in [0.1, 0.15) is 0 Å². The highest BCUT2D eigenvalue weighted by Gasteiger charge is 2.31. The van der Waals surface area contributed by atoms with Crippen molar-refractivity contribution in [3.63, 3.8) is 0 Å². The molecular formula is C10H19NO2S. The number of ether oxygens (including phenoxy) is 1. The summed E-state index contributed by atoms with van der Waals surface area (Å²) in [6.07, 6.45) is 4.38. The molecule has 1 heterocycles. The summed E-state index contributed by atoms with van der Waals surface area (Å²) in [5.74, 6) is 1.37. The molecule has 82 valence electrons. The van der Waals surface area contributed by atoms with Crippen LogP contribution in [0.5, 0.6) is 0 Å². The maximum absolute atomic E-state index is 11.9. The van der Waals surface area contributed by atoms with E-state index in [9.17, 15) is 4.21 Å². The normalized spacial score (nSPS) is 28.6. The molecule has 2 rings (SSSR count). The second-order valence-electron chi connectivity index (χ2n) is 4.36. The van der Waals surface area contributed by atoms with E-state index in [0.717, 1.165) is 26.1 Å². The largest absolute Gasteiger partial charge is 0.381 e. The highest BCUT2D eigenvalue weighted by atomic mass is 32.2. The van der Waals surface area contributed by atoms with Crippen molar-refractivity contribution in [1.82, 2.24) is 0 Å². The number of nitrogens with two attached hydrogens (primary N) is 1. The van der Waals surface area contributed by atoms with E-state index in [-0.39, 0.29) is 6.04 Å². The van der Waals surface area contributed by atoms with Gasteiger partial charge in [0.05, 0.1) is 0 Å². The molecule has 2 N–H and O–H groups in total. The van der Waals surface area contributed by atoms with Crippen molar-refractivity contribution in [3.8, 4) is 0 Å². The van der Waals surface area contributed by atoms with Crippen molar-refractivity contribution in [2.24, 2.45) is 11.7 Å². The second-order valence-corrected chi connectivity index (χ2v) is 6.12. The Kier molecular flexibility index (Phi) is 3.57. The van der Waals surface area contributed by atoms with Crippen LogP contribution in [0.25, 0.3) is 0 Å². The molecule has 2 unspecified atom stereocenters. The van der Waals surface area contributed by atoms with Gasteiger partial charge in [-0.3, -0.25) is 4.21 Å². The van der Waals surface area contributed by atoms with Gasteiger partial charge in [0.2, 0.25) is 0 Å². The molecule has 0 bridgehead atoms. The van der Waals surface area contributed by atoms with Crippen LogP contribution in [0, 0.1) is 5.92 Å². The van der Waals surface area contributed by atoms with Gasteiger partial charge in [-0.1, -0.05) is 0 Å². The Morgan fingerprint density at radius 1 is 1.29 bits per heavy atom. The van der Waals surface area contributed by atoms with Gasteiger partial charge < -0.3 is 10.5 Å². The molecule has 0 aromatic heterocycles. The summed E-state index contributed by atoms with van der Waals surface area (Å²) in [6.45, 7) is 1.55. The molecule has 4 heteroatoms. The summed E-state index contributed by atoms with van der Waals surface area (Å²) < 4.78 is 17.2. The van der Waals surface area contributed by atoms with Crippen LogP contribution >= 0.6 is 0 Å². The van der Waals surface area contributed by atoms with E-state index in [0.29, 0.717) is 16.9 Å². The van der Waals surface area contributed by atoms with Crippen molar-refractivity contribution in [3.05, 3.63) is 0 Å². The van der Waals surface area contributed by atoms with Crippen molar-refractivity contribution in [2.75, 3.05) is 19.0 Å². The van der Waals surface area contributed by atoms with Crippen LogP contribution in [0.4, 0.5) is 0 Å². The quantitative estimate of drug-likeness (QED) is 0.752. The molecule has 3 nitrogen and oxygen atoms in total. The van der Waals surface area contributed by atoms with Crippen LogP contribution in [0.15, 0.2) is 0 Å². The zero-order chi connectivity index (χ0) is 9.97. The molecule has 1 aliphatic heterocycles. The molecule has 2 fully saturated rings. The Labute approximate surface area is 87.8 Å². The topological polar surface area (TPSA) is 52.3 Å². The third kappa shape index (κ3) is 2.78. The van der Waals surface area contributed by atoms with Crippen molar-refractivity contribution in [1.29, 1.82) is 0 Å². The number of hydrogen-bond donors (Lipinski definition) is 1. The molecule has 0 radical (unpaired) electrons. The van der Waals surface area contributed by atoms with E-state index in [1.54, 1.807) is 0 Å². The maximum Gasteiger partial charge on any atom is 0.0477 e. The van der Waals surface area contributed by atoms with E-state index >= 15 is 0 Å². The summed E-state index contributed by atoms with van der Waals surface area (Å²) in [7, 11) is -0.722. The van der Waals surface area contributed by atoms with Crippen LogP contribution in [-0.4, -0.2) is 34.5 Å². The first-order valence-corrected chi connectivity index (χ1v) is 6.86. The van der Waals surface area contributed by atoms with E-state index < -0.39 is 10.8 Å². The van der Waals surface area contributed by atoms with Gasteiger partial charge in [-0.2, -0.15) is 0 Å². The molecule has 14 heavy (non-hydrogen) atoms. The lowest BCUT2D eigenvalue weighted by molar-refractivity contribution is 0.0992. The van der Waals surface area contributed by atoms with Crippen molar-refractivity contribution < 1.29 is 8.95 Å². The highest BCUT2D eigenvalue weighted by Crippen LogP contribution is 2.32. The minimum Gasteiger partial charge on any atom is -0.381 e. The third-order valence-electron chi connectivity index (χ3n) is 3.12. The van der Waals surface area contributed by atoms with Crippen molar-refractivity contribution in [2.45, 2.75) is 37.0 Å². The first-order valence-electron chi connectivity index (χ1n) is 5.48. The standard InChI is InChI=1S/C10H19NO2S/c11-10(8-1-2-8)7-14(12)9-3-5-13-6-4-9/h8-10H,1-7,11H2. The Bertz CT molecular complexity index is 212. The van der Waals surface area contributed by atoms with Crippen LogP contribution < -0.4 is 5.73 Å². The maximum atomic E-state index is 11.9.